The van der Waals surface area contributed by atoms with Crippen molar-refractivity contribution in [3.8, 4) is 0 Å². The second kappa shape index (κ2) is 4.42. The van der Waals surface area contributed by atoms with Crippen molar-refractivity contribution in [2.45, 2.75) is 6.54 Å². The van der Waals surface area contributed by atoms with Crippen LogP contribution in [0.5, 0.6) is 0 Å². The van der Waals surface area contributed by atoms with E-state index < -0.39 is 5.97 Å². The lowest BCUT2D eigenvalue weighted by Gasteiger charge is -1.97. The zero-order chi connectivity index (χ0) is 9.68. The normalized spacial score (nSPS) is 10.5. The Morgan fingerprint density at radius 2 is 2.31 bits per heavy atom. The highest BCUT2D eigenvalue weighted by molar-refractivity contribution is 5.85. The van der Waals surface area contributed by atoms with Crippen LogP contribution in [0.15, 0.2) is 30.3 Å². The van der Waals surface area contributed by atoms with E-state index in [1.54, 1.807) is 6.08 Å². The Hall–Kier alpha value is -1.61. The minimum Gasteiger partial charge on any atom is -0.478 e. The Bertz CT molecular complexity index is 331. The number of hydrogen-bond donors (Lipinski definition) is 2. The van der Waals surface area contributed by atoms with Crippen molar-refractivity contribution >= 4 is 12.0 Å². The highest BCUT2D eigenvalue weighted by Crippen LogP contribution is 2.06. The van der Waals surface area contributed by atoms with E-state index in [0.29, 0.717) is 6.54 Å². The molecule has 0 atom stereocenters. The van der Waals surface area contributed by atoms with Crippen molar-refractivity contribution < 1.29 is 9.90 Å². The number of nitrogens with two attached hydrogens (primary N) is 1. The number of benzene rings is 1. The summed E-state index contributed by atoms with van der Waals surface area (Å²) >= 11 is 0. The van der Waals surface area contributed by atoms with Gasteiger partial charge in [0.05, 0.1) is 0 Å². The van der Waals surface area contributed by atoms with E-state index in [0.717, 1.165) is 17.2 Å². The fourth-order valence-electron chi connectivity index (χ4n) is 0.991. The molecule has 0 aliphatic rings. The average Bonchev–Trinajstić information content (AvgIpc) is 2.15. The predicted octanol–water partition coefficient (Wildman–Crippen LogP) is 1.24. The molecular formula is C10H11NO2. The summed E-state index contributed by atoms with van der Waals surface area (Å²) in [6.07, 6.45) is 2.65. The Morgan fingerprint density at radius 3 is 2.92 bits per heavy atom. The summed E-state index contributed by atoms with van der Waals surface area (Å²) in [5.41, 5.74) is 7.28. The molecule has 13 heavy (non-hydrogen) atoms. The monoisotopic (exact) mass is 177 g/mol. The van der Waals surface area contributed by atoms with Gasteiger partial charge in [-0.1, -0.05) is 24.3 Å². The van der Waals surface area contributed by atoms with Gasteiger partial charge in [-0.3, -0.25) is 0 Å². The van der Waals surface area contributed by atoms with E-state index in [1.807, 2.05) is 24.3 Å². The van der Waals surface area contributed by atoms with Crippen molar-refractivity contribution in [2.75, 3.05) is 0 Å². The molecular weight excluding hydrogens is 166 g/mol. The van der Waals surface area contributed by atoms with Gasteiger partial charge in [-0.15, -0.1) is 0 Å². The molecule has 0 bridgehead atoms. The molecule has 0 amide bonds. The molecule has 0 aromatic heterocycles. The molecule has 3 heteroatoms. The number of carbonyl (C=O) groups is 1. The van der Waals surface area contributed by atoms with E-state index in [-0.39, 0.29) is 0 Å². The van der Waals surface area contributed by atoms with Crippen LogP contribution in [0.2, 0.25) is 0 Å². The number of carboxylic acid groups (broad SMARTS) is 1. The van der Waals surface area contributed by atoms with Crippen LogP contribution in [-0.4, -0.2) is 11.1 Å². The maximum absolute atomic E-state index is 10.2. The van der Waals surface area contributed by atoms with E-state index in [1.165, 1.54) is 0 Å². The van der Waals surface area contributed by atoms with Crippen LogP contribution in [0.1, 0.15) is 11.1 Å². The Balaban J connectivity index is 2.83. The van der Waals surface area contributed by atoms with Gasteiger partial charge >= 0.3 is 5.97 Å². The summed E-state index contributed by atoms with van der Waals surface area (Å²) in [6, 6.07) is 7.44. The Labute approximate surface area is 76.5 Å². The van der Waals surface area contributed by atoms with E-state index in [4.69, 9.17) is 10.8 Å². The van der Waals surface area contributed by atoms with Crippen LogP contribution in [0, 0.1) is 0 Å². The molecule has 3 nitrogen and oxygen atoms in total. The average molecular weight is 177 g/mol. The molecule has 0 radical (unpaired) electrons. The van der Waals surface area contributed by atoms with E-state index in [2.05, 4.69) is 0 Å². The fourth-order valence-corrected chi connectivity index (χ4v) is 0.991. The van der Waals surface area contributed by atoms with Crippen molar-refractivity contribution in [3.05, 3.63) is 41.5 Å². The molecule has 1 aromatic carbocycles. The zero-order valence-corrected chi connectivity index (χ0v) is 7.10. The summed E-state index contributed by atoms with van der Waals surface area (Å²) in [6.45, 7) is 0.467. The first kappa shape index (κ1) is 9.48. The van der Waals surface area contributed by atoms with Crippen molar-refractivity contribution in [2.24, 2.45) is 5.73 Å². The first-order valence-corrected chi connectivity index (χ1v) is 3.92. The Morgan fingerprint density at radius 1 is 1.54 bits per heavy atom. The van der Waals surface area contributed by atoms with Gasteiger partial charge in [0.2, 0.25) is 0 Å². The lowest BCUT2D eigenvalue weighted by molar-refractivity contribution is -0.131. The van der Waals surface area contributed by atoms with Crippen LogP contribution < -0.4 is 5.73 Å². The molecule has 0 aliphatic heterocycles. The van der Waals surface area contributed by atoms with Crippen LogP contribution in [0.3, 0.4) is 0 Å². The minimum absolute atomic E-state index is 0.467. The zero-order valence-electron chi connectivity index (χ0n) is 7.10. The highest BCUT2D eigenvalue weighted by atomic mass is 16.4. The lowest BCUT2D eigenvalue weighted by Crippen LogP contribution is -1.95. The summed E-state index contributed by atoms with van der Waals surface area (Å²) in [5, 5.41) is 8.39. The SMILES string of the molecule is NCc1cccc(/C=C/C(=O)O)c1. The van der Waals surface area contributed by atoms with Crippen LogP contribution >= 0.6 is 0 Å². The van der Waals surface area contributed by atoms with Crippen molar-refractivity contribution in [3.63, 3.8) is 0 Å². The van der Waals surface area contributed by atoms with Gasteiger partial charge in [0.1, 0.15) is 0 Å². The van der Waals surface area contributed by atoms with Crippen molar-refractivity contribution in [1.82, 2.24) is 0 Å². The third-order valence-electron chi connectivity index (χ3n) is 1.61. The molecule has 0 spiro atoms. The van der Waals surface area contributed by atoms with Gasteiger partial charge < -0.3 is 10.8 Å². The fraction of sp³-hybridized carbons (Fsp3) is 0.100. The largest absolute Gasteiger partial charge is 0.478 e. The number of hydrogen-bond acceptors (Lipinski definition) is 2. The molecule has 3 N–H and O–H groups in total. The van der Waals surface area contributed by atoms with Gasteiger partial charge in [0, 0.05) is 12.6 Å². The van der Waals surface area contributed by atoms with Crippen LogP contribution in [-0.2, 0) is 11.3 Å². The maximum atomic E-state index is 10.2. The quantitative estimate of drug-likeness (QED) is 0.683. The highest BCUT2D eigenvalue weighted by Gasteiger charge is 1.91. The van der Waals surface area contributed by atoms with E-state index in [9.17, 15) is 4.79 Å². The number of rotatable bonds is 3. The van der Waals surface area contributed by atoms with Crippen molar-refractivity contribution in [1.29, 1.82) is 0 Å². The van der Waals surface area contributed by atoms with Gasteiger partial charge in [0.15, 0.2) is 0 Å². The maximum Gasteiger partial charge on any atom is 0.328 e. The van der Waals surface area contributed by atoms with Gasteiger partial charge in [-0.25, -0.2) is 4.79 Å². The Kier molecular flexibility index (Phi) is 3.23. The second-order valence-corrected chi connectivity index (χ2v) is 2.62. The molecule has 0 fully saturated rings. The molecule has 0 saturated carbocycles. The molecule has 1 rings (SSSR count). The molecule has 68 valence electrons. The molecule has 0 aliphatic carbocycles. The van der Waals surface area contributed by atoms with Crippen LogP contribution in [0.25, 0.3) is 6.08 Å². The molecule has 0 saturated heterocycles. The topological polar surface area (TPSA) is 63.3 Å². The smallest absolute Gasteiger partial charge is 0.328 e. The summed E-state index contributed by atoms with van der Waals surface area (Å²) in [5.74, 6) is -0.946. The number of carboxylic acids is 1. The van der Waals surface area contributed by atoms with Gasteiger partial charge in [0.25, 0.3) is 0 Å². The second-order valence-electron chi connectivity index (χ2n) is 2.62. The van der Waals surface area contributed by atoms with Gasteiger partial charge in [-0.2, -0.15) is 0 Å². The predicted molar refractivity (Wildman–Crippen MR) is 51.0 cm³/mol. The van der Waals surface area contributed by atoms with E-state index >= 15 is 0 Å². The lowest BCUT2D eigenvalue weighted by atomic mass is 10.1. The first-order chi connectivity index (χ1) is 6.22. The third-order valence-corrected chi connectivity index (χ3v) is 1.61. The molecule has 0 heterocycles. The summed E-state index contributed by atoms with van der Waals surface area (Å²) in [7, 11) is 0. The standard InChI is InChI=1S/C10H11NO2/c11-7-9-3-1-2-8(6-9)4-5-10(12)13/h1-6H,7,11H2,(H,12,13)/b5-4+. The summed E-state index contributed by atoms with van der Waals surface area (Å²) in [4.78, 5) is 10.2. The first-order valence-electron chi connectivity index (χ1n) is 3.92. The summed E-state index contributed by atoms with van der Waals surface area (Å²) < 4.78 is 0. The molecule has 1 aromatic rings. The minimum atomic E-state index is -0.946. The van der Waals surface area contributed by atoms with Gasteiger partial charge in [-0.05, 0) is 17.2 Å². The third kappa shape index (κ3) is 3.09. The van der Waals surface area contributed by atoms with Crippen LogP contribution in [0.4, 0.5) is 0 Å². The number of aliphatic carboxylic acids is 1. The molecule has 0 unspecified atom stereocenters.